The highest BCUT2D eigenvalue weighted by Crippen LogP contribution is 2.40. The van der Waals surface area contributed by atoms with Gasteiger partial charge < -0.3 is 4.74 Å². The van der Waals surface area contributed by atoms with Gasteiger partial charge >= 0.3 is 0 Å². The molecule has 6 heteroatoms. The highest BCUT2D eigenvalue weighted by atomic mass is 79.9. The zero-order valence-electron chi connectivity index (χ0n) is 9.22. The molecule has 1 aromatic heterocycles. The molecule has 1 atom stereocenters. The lowest BCUT2D eigenvalue weighted by Gasteiger charge is -2.09. The summed E-state index contributed by atoms with van der Waals surface area (Å²) >= 11 is 14.7. The molecule has 96 valence electrons. The second kappa shape index (κ2) is 5.90. The Morgan fingerprint density at radius 2 is 2.06 bits per heavy atom. The maximum Gasteiger partial charge on any atom is 0.165 e. The molecule has 0 amide bonds. The van der Waals surface area contributed by atoms with E-state index in [4.69, 9.17) is 16.3 Å². The fraction of sp³-hybridized carbons (Fsp3) is 0.167. The molecule has 0 aliphatic rings. The first kappa shape index (κ1) is 14.3. The Bertz CT molecular complexity index is 554. The maximum absolute atomic E-state index is 13.6. The van der Waals surface area contributed by atoms with Gasteiger partial charge in [-0.15, -0.1) is 22.9 Å². The predicted molar refractivity (Wildman–Crippen MR) is 80.4 cm³/mol. The lowest BCUT2D eigenvalue weighted by atomic mass is 10.1. The van der Waals surface area contributed by atoms with E-state index in [9.17, 15) is 4.39 Å². The van der Waals surface area contributed by atoms with E-state index >= 15 is 0 Å². The van der Waals surface area contributed by atoms with Crippen LogP contribution in [0.25, 0.3) is 0 Å². The third-order valence-electron chi connectivity index (χ3n) is 2.38. The molecule has 0 spiro atoms. The third kappa shape index (κ3) is 2.90. The Morgan fingerprint density at radius 1 is 1.33 bits per heavy atom. The highest BCUT2D eigenvalue weighted by molar-refractivity contribution is 9.13. The Balaban J connectivity index is 2.33. The minimum Gasteiger partial charge on any atom is -0.494 e. The first-order valence-electron chi connectivity index (χ1n) is 4.95. The Hall–Kier alpha value is -0.100. The summed E-state index contributed by atoms with van der Waals surface area (Å²) in [5.41, 5.74) is 0.705. The van der Waals surface area contributed by atoms with Crippen LogP contribution in [0, 0.1) is 5.82 Å². The average Bonchev–Trinajstić information content (AvgIpc) is 2.68. The molecule has 1 heterocycles. The first-order valence-corrected chi connectivity index (χ1v) is 7.79. The van der Waals surface area contributed by atoms with Crippen molar-refractivity contribution in [3.63, 3.8) is 0 Å². The molecule has 0 aliphatic heterocycles. The van der Waals surface area contributed by atoms with Crippen LogP contribution in [0.3, 0.4) is 0 Å². The monoisotopic (exact) mass is 412 g/mol. The maximum atomic E-state index is 13.6. The largest absolute Gasteiger partial charge is 0.494 e. The van der Waals surface area contributed by atoms with Crippen molar-refractivity contribution < 1.29 is 9.13 Å². The van der Waals surface area contributed by atoms with Gasteiger partial charge in [-0.25, -0.2) is 4.39 Å². The van der Waals surface area contributed by atoms with Gasteiger partial charge in [0.2, 0.25) is 0 Å². The van der Waals surface area contributed by atoms with Crippen molar-refractivity contribution >= 4 is 54.8 Å². The molecule has 0 fully saturated rings. The second-order valence-electron chi connectivity index (χ2n) is 3.53. The fourth-order valence-corrected chi connectivity index (χ4v) is 3.92. The van der Waals surface area contributed by atoms with Crippen molar-refractivity contribution in [2.24, 2.45) is 0 Å². The van der Waals surface area contributed by atoms with E-state index < -0.39 is 5.82 Å². The van der Waals surface area contributed by atoms with Crippen molar-refractivity contribution in [3.05, 3.63) is 48.8 Å². The lowest BCUT2D eigenvalue weighted by Crippen LogP contribution is -1.94. The summed E-state index contributed by atoms with van der Waals surface area (Å²) in [4.78, 5) is 0.944. The number of ether oxygens (including phenoxy) is 1. The van der Waals surface area contributed by atoms with Crippen LogP contribution in [0.5, 0.6) is 5.75 Å². The molecule has 2 rings (SSSR count). The van der Waals surface area contributed by atoms with Crippen LogP contribution in [-0.2, 0) is 0 Å². The van der Waals surface area contributed by atoms with Gasteiger partial charge in [-0.05, 0) is 55.6 Å². The van der Waals surface area contributed by atoms with Gasteiger partial charge in [0.1, 0.15) is 0 Å². The minimum atomic E-state index is -0.407. The lowest BCUT2D eigenvalue weighted by molar-refractivity contribution is 0.386. The summed E-state index contributed by atoms with van der Waals surface area (Å²) in [6.07, 6.45) is 0. The number of alkyl halides is 1. The molecule has 0 radical (unpaired) electrons. The quantitative estimate of drug-likeness (QED) is 0.581. The molecule has 0 saturated carbocycles. The average molecular weight is 415 g/mol. The highest BCUT2D eigenvalue weighted by Gasteiger charge is 2.17. The predicted octanol–water partition coefficient (Wildman–Crippen LogP) is 5.75. The smallest absolute Gasteiger partial charge is 0.165 e. The van der Waals surface area contributed by atoms with E-state index in [1.54, 1.807) is 12.1 Å². The summed E-state index contributed by atoms with van der Waals surface area (Å²) in [5, 5.41) is -0.377. The SMILES string of the molecule is COc1ccc(C(Cl)c2cc(Br)c(Br)s2)cc1F. The first-order chi connectivity index (χ1) is 8.52. The molecule has 2 aromatic rings. The van der Waals surface area contributed by atoms with Crippen LogP contribution >= 0.6 is 54.8 Å². The van der Waals surface area contributed by atoms with Crippen molar-refractivity contribution in [2.75, 3.05) is 7.11 Å². The molecule has 0 bridgehead atoms. The van der Waals surface area contributed by atoms with Crippen LogP contribution < -0.4 is 4.74 Å². The van der Waals surface area contributed by atoms with Crippen molar-refractivity contribution in [1.29, 1.82) is 0 Å². The van der Waals surface area contributed by atoms with Crippen LogP contribution in [0.4, 0.5) is 4.39 Å². The van der Waals surface area contributed by atoms with Crippen molar-refractivity contribution in [2.45, 2.75) is 5.38 Å². The number of thiophene rings is 1. The molecule has 0 aliphatic carbocycles. The fourth-order valence-electron chi connectivity index (χ4n) is 1.49. The van der Waals surface area contributed by atoms with E-state index in [1.165, 1.54) is 24.5 Å². The van der Waals surface area contributed by atoms with E-state index in [0.717, 1.165) is 13.1 Å². The molecule has 1 aromatic carbocycles. The number of hydrogen-bond donors (Lipinski definition) is 0. The van der Waals surface area contributed by atoms with Crippen LogP contribution in [0.1, 0.15) is 15.8 Å². The van der Waals surface area contributed by atoms with Crippen LogP contribution in [-0.4, -0.2) is 7.11 Å². The molecular formula is C12H8Br2ClFOS. The van der Waals surface area contributed by atoms with Crippen LogP contribution in [0.2, 0.25) is 0 Å². The number of halogens is 4. The van der Waals surface area contributed by atoms with Gasteiger partial charge in [0.05, 0.1) is 16.3 Å². The van der Waals surface area contributed by atoms with Gasteiger partial charge in [0, 0.05) is 9.35 Å². The van der Waals surface area contributed by atoms with Gasteiger partial charge in [-0.2, -0.15) is 0 Å². The summed E-state index contributed by atoms with van der Waals surface area (Å²) in [6, 6.07) is 6.67. The summed E-state index contributed by atoms with van der Waals surface area (Å²) in [6.45, 7) is 0. The summed E-state index contributed by atoms with van der Waals surface area (Å²) < 4.78 is 20.4. The van der Waals surface area contributed by atoms with E-state index in [1.807, 2.05) is 6.07 Å². The molecule has 0 N–H and O–H groups in total. The molecule has 1 nitrogen and oxygen atoms in total. The van der Waals surface area contributed by atoms with Crippen molar-refractivity contribution in [3.8, 4) is 5.75 Å². The van der Waals surface area contributed by atoms with Gasteiger partial charge in [0.25, 0.3) is 0 Å². The van der Waals surface area contributed by atoms with Crippen LogP contribution in [0.15, 0.2) is 32.5 Å². The Morgan fingerprint density at radius 3 is 2.56 bits per heavy atom. The number of benzene rings is 1. The molecular weight excluding hydrogens is 406 g/mol. The summed E-state index contributed by atoms with van der Waals surface area (Å²) in [5.74, 6) is -0.188. The van der Waals surface area contributed by atoms with E-state index in [-0.39, 0.29) is 11.1 Å². The van der Waals surface area contributed by atoms with Gasteiger partial charge in [-0.3, -0.25) is 0 Å². The van der Waals surface area contributed by atoms with Gasteiger partial charge in [0.15, 0.2) is 11.6 Å². The normalized spacial score (nSPS) is 12.5. The van der Waals surface area contributed by atoms with Crippen molar-refractivity contribution in [1.82, 2.24) is 0 Å². The zero-order chi connectivity index (χ0) is 13.3. The number of rotatable bonds is 3. The Kier molecular flexibility index (Phi) is 4.69. The van der Waals surface area contributed by atoms with Gasteiger partial charge in [-0.1, -0.05) is 6.07 Å². The number of hydrogen-bond acceptors (Lipinski definition) is 2. The van der Waals surface area contributed by atoms with E-state index in [0.29, 0.717) is 5.56 Å². The molecule has 1 unspecified atom stereocenters. The topological polar surface area (TPSA) is 9.23 Å². The Labute approximate surface area is 130 Å². The molecule has 18 heavy (non-hydrogen) atoms. The summed E-state index contributed by atoms with van der Waals surface area (Å²) in [7, 11) is 1.43. The van der Waals surface area contributed by atoms with E-state index in [2.05, 4.69) is 31.9 Å². The standard InChI is InChI=1S/C12H8Br2ClFOS/c1-17-9-3-2-6(4-8(9)16)11(15)10-5-7(13)12(14)18-10/h2-5,11H,1H3. The zero-order valence-corrected chi connectivity index (χ0v) is 14.0. The molecule has 0 saturated heterocycles. The second-order valence-corrected chi connectivity index (χ2v) is 7.22. The number of methoxy groups -OCH3 is 1. The third-order valence-corrected chi connectivity index (χ3v) is 6.32. The minimum absolute atomic E-state index is 0.219.